The van der Waals surface area contributed by atoms with Crippen LogP contribution >= 0.6 is 28.3 Å². The van der Waals surface area contributed by atoms with Gasteiger partial charge in [-0.3, -0.25) is 0 Å². The number of rotatable bonds is 2. The maximum Gasteiger partial charge on any atom is 0.407 e. The number of carbonyl (C=O) groups excluding carboxylic acids is 1. The summed E-state index contributed by atoms with van der Waals surface area (Å²) in [5.41, 5.74) is 0.567. The standard InChI is InChI=1S/C10H10BrNO4.ClH/c1-15-8-3-5(11)2-6(9(8)13)7-4-16-10(14)12-7;/h2-3,7,13H,4H2,1H3,(H,12,14);1H/t7-;/m1./s1. The molecule has 2 N–H and O–H groups in total. The molecule has 94 valence electrons. The molecule has 0 bridgehead atoms. The van der Waals surface area contributed by atoms with Gasteiger partial charge in [0, 0.05) is 10.0 Å². The molecule has 0 saturated carbocycles. The van der Waals surface area contributed by atoms with E-state index in [1.807, 2.05) is 0 Å². The van der Waals surface area contributed by atoms with Crippen LogP contribution < -0.4 is 10.1 Å². The first kappa shape index (κ1) is 13.9. The zero-order valence-electron chi connectivity index (χ0n) is 8.90. The first-order valence-corrected chi connectivity index (χ1v) is 5.41. The van der Waals surface area contributed by atoms with Crippen molar-refractivity contribution in [3.05, 3.63) is 22.2 Å². The lowest BCUT2D eigenvalue weighted by molar-refractivity contribution is 0.176. The molecule has 0 spiro atoms. The van der Waals surface area contributed by atoms with E-state index in [4.69, 9.17) is 9.47 Å². The normalized spacial score (nSPS) is 18.0. The van der Waals surface area contributed by atoms with Gasteiger partial charge in [0.1, 0.15) is 6.61 Å². The second-order valence-electron chi connectivity index (χ2n) is 3.34. The lowest BCUT2D eigenvalue weighted by Crippen LogP contribution is -2.18. The van der Waals surface area contributed by atoms with Gasteiger partial charge in [0.05, 0.1) is 13.2 Å². The minimum absolute atomic E-state index is 0. The van der Waals surface area contributed by atoms with Crippen molar-refractivity contribution < 1.29 is 19.4 Å². The first-order chi connectivity index (χ1) is 7.61. The van der Waals surface area contributed by atoms with Crippen molar-refractivity contribution in [3.63, 3.8) is 0 Å². The topological polar surface area (TPSA) is 67.8 Å². The van der Waals surface area contributed by atoms with Crippen LogP contribution in [0, 0.1) is 0 Å². The van der Waals surface area contributed by atoms with E-state index in [2.05, 4.69) is 21.2 Å². The molecular formula is C10H11BrClNO4. The third-order valence-corrected chi connectivity index (χ3v) is 2.80. The van der Waals surface area contributed by atoms with Crippen molar-refractivity contribution in [1.82, 2.24) is 5.32 Å². The number of hydrogen-bond donors (Lipinski definition) is 2. The first-order valence-electron chi connectivity index (χ1n) is 4.61. The molecule has 0 unspecified atom stereocenters. The SMILES string of the molecule is COc1cc(Br)cc([C@H]2COC(=O)N2)c1O.Cl. The van der Waals surface area contributed by atoms with Gasteiger partial charge in [-0.25, -0.2) is 4.79 Å². The zero-order valence-corrected chi connectivity index (χ0v) is 11.3. The van der Waals surface area contributed by atoms with Crippen LogP contribution in [0.3, 0.4) is 0 Å². The van der Waals surface area contributed by atoms with Crippen molar-refractivity contribution in [3.8, 4) is 11.5 Å². The highest BCUT2D eigenvalue weighted by Crippen LogP contribution is 2.37. The highest BCUT2D eigenvalue weighted by Gasteiger charge is 2.27. The number of phenols is 1. The third-order valence-electron chi connectivity index (χ3n) is 2.34. The number of benzene rings is 1. The minimum Gasteiger partial charge on any atom is -0.504 e. The number of cyclic esters (lactones) is 1. The Morgan fingerprint density at radius 2 is 2.29 bits per heavy atom. The number of nitrogens with one attached hydrogen (secondary N) is 1. The fourth-order valence-electron chi connectivity index (χ4n) is 1.57. The Bertz CT molecular complexity index is 441. The summed E-state index contributed by atoms with van der Waals surface area (Å²) in [6.07, 6.45) is -0.483. The van der Waals surface area contributed by atoms with E-state index in [9.17, 15) is 9.90 Å². The molecule has 1 aliphatic rings. The molecule has 7 heteroatoms. The Hall–Kier alpha value is -1.14. The molecule has 1 fully saturated rings. The molecule has 0 radical (unpaired) electrons. The summed E-state index contributed by atoms with van der Waals surface area (Å²) >= 11 is 3.31. The molecular weight excluding hydrogens is 313 g/mol. The lowest BCUT2D eigenvalue weighted by atomic mass is 10.1. The van der Waals surface area contributed by atoms with Crippen molar-refractivity contribution in [1.29, 1.82) is 0 Å². The zero-order chi connectivity index (χ0) is 11.7. The molecule has 1 atom stereocenters. The number of aromatic hydroxyl groups is 1. The average Bonchev–Trinajstić information content (AvgIpc) is 2.67. The van der Waals surface area contributed by atoms with Gasteiger partial charge in [-0.2, -0.15) is 0 Å². The van der Waals surface area contributed by atoms with E-state index >= 15 is 0 Å². The van der Waals surface area contributed by atoms with Gasteiger partial charge in [0.2, 0.25) is 0 Å². The van der Waals surface area contributed by atoms with E-state index in [1.165, 1.54) is 7.11 Å². The van der Waals surface area contributed by atoms with Gasteiger partial charge in [-0.05, 0) is 12.1 Å². The van der Waals surface area contributed by atoms with Crippen molar-refractivity contribution in [2.75, 3.05) is 13.7 Å². The van der Waals surface area contributed by atoms with Gasteiger partial charge in [-0.1, -0.05) is 15.9 Å². The number of ether oxygens (including phenoxy) is 2. The second-order valence-corrected chi connectivity index (χ2v) is 4.26. The van der Waals surface area contributed by atoms with Crippen LogP contribution in [0.25, 0.3) is 0 Å². The highest BCUT2D eigenvalue weighted by molar-refractivity contribution is 9.10. The number of carbonyl (C=O) groups is 1. The van der Waals surface area contributed by atoms with Gasteiger partial charge < -0.3 is 19.9 Å². The fraction of sp³-hybridized carbons (Fsp3) is 0.300. The number of hydrogen-bond acceptors (Lipinski definition) is 4. The Balaban J connectivity index is 0.00000144. The molecule has 0 aromatic heterocycles. The summed E-state index contributed by atoms with van der Waals surface area (Å²) in [4.78, 5) is 10.9. The van der Waals surface area contributed by atoms with Crippen LogP contribution in [0.5, 0.6) is 11.5 Å². The maximum absolute atomic E-state index is 10.9. The Morgan fingerprint density at radius 1 is 1.59 bits per heavy atom. The average molecular weight is 325 g/mol. The van der Waals surface area contributed by atoms with Crippen LogP contribution in [0.1, 0.15) is 11.6 Å². The summed E-state index contributed by atoms with van der Waals surface area (Å²) in [6.45, 7) is 0.200. The molecule has 1 amide bonds. The summed E-state index contributed by atoms with van der Waals surface area (Å²) in [7, 11) is 1.47. The highest BCUT2D eigenvalue weighted by atomic mass is 79.9. The fourth-order valence-corrected chi connectivity index (χ4v) is 2.02. The van der Waals surface area contributed by atoms with Gasteiger partial charge in [0.25, 0.3) is 0 Å². The Morgan fingerprint density at radius 3 is 2.82 bits per heavy atom. The van der Waals surface area contributed by atoms with E-state index in [0.29, 0.717) is 11.3 Å². The maximum atomic E-state index is 10.9. The van der Waals surface area contributed by atoms with Gasteiger partial charge >= 0.3 is 6.09 Å². The van der Waals surface area contributed by atoms with Crippen LogP contribution in [0.15, 0.2) is 16.6 Å². The molecule has 1 aromatic rings. The van der Waals surface area contributed by atoms with E-state index in [1.54, 1.807) is 12.1 Å². The summed E-state index contributed by atoms with van der Waals surface area (Å²) < 4.78 is 10.6. The molecule has 1 heterocycles. The molecule has 1 aromatic carbocycles. The van der Waals surface area contributed by atoms with E-state index < -0.39 is 6.09 Å². The van der Waals surface area contributed by atoms with Crippen LogP contribution in [-0.4, -0.2) is 24.9 Å². The van der Waals surface area contributed by atoms with Crippen LogP contribution in [0.4, 0.5) is 4.79 Å². The predicted molar refractivity (Wildman–Crippen MR) is 66.8 cm³/mol. The van der Waals surface area contributed by atoms with Crippen LogP contribution in [-0.2, 0) is 4.74 Å². The van der Waals surface area contributed by atoms with Gasteiger partial charge in [0.15, 0.2) is 11.5 Å². The number of amides is 1. The quantitative estimate of drug-likeness (QED) is 0.876. The minimum atomic E-state index is -0.483. The number of alkyl carbamates (subject to hydrolysis) is 1. The van der Waals surface area contributed by atoms with Gasteiger partial charge in [-0.15, -0.1) is 12.4 Å². The summed E-state index contributed by atoms with van der Waals surface area (Å²) in [6, 6.07) is 3.02. The van der Waals surface area contributed by atoms with Crippen molar-refractivity contribution >= 4 is 34.4 Å². The molecule has 0 aliphatic carbocycles. The Labute approximate surface area is 113 Å². The molecule has 17 heavy (non-hydrogen) atoms. The Kier molecular flexibility index (Phi) is 4.47. The molecule has 5 nitrogen and oxygen atoms in total. The van der Waals surface area contributed by atoms with E-state index in [-0.39, 0.29) is 30.8 Å². The largest absolute Gasteiger partial charge is 0.504 e. The lowest BCUT2D eigenvalue weighted by Gasteiger charge is -2.13. The molecule has 2 rings (SSSR count). The van der Waals surface area contributed by atoms with Crippen LogP contribution in [0.2, 0.25) is 0 Å². The summed E-state index contributed by atoms with van der Waals surface area (Å²) in [5, 5.41) is 12.5. The summed E-state index contributed by atoms with van der Waals surface area (Å²) in [5.74, 6) is 0.368. The monoisotopic (exact) mass is 323 g/mol. The molecule has 1 saturated heterocycles. The predicted octanol–water partition coefficient (Wildman–Crippen LogP) is 2.37. The number of halogens is 2. The van der Waals surface area contributed by atoms with Crippen molar-refractivity contribution in [2.24, 2.45) is 0 Å². The van der Waals surface area contributed by atoms with E-state index in [0.717, 1.165) is 4.47 Å². The third kappa shape index (κ3) is 2.76. The smallest absolute Gasteiger partial charge is 0.407 e. The number of phenolic OH excluding ortho intramolecular Hbond substituents is 1. The molecule has 1 aliphatic heterocycles. The second kappa shape index (κ2) is 5.46. The number of methoxy groups -OCH3 is 1. The van der Waals surface area contributed by atoms with Crippen molar-refractivity contribution in [2.45, 2.75) is 6.04 Å².